The van der Waals surface area contributed by atoms with Crippen molar-refractivity contribution in [1.29, 1.82) is 0 Å². The van der Waals surface area contributed by atoms with Gasteiger partial charge in [-0.15, -0.1) is 11.6 Å². The highest BCUT2D eigenvalue weighted by atomic mass is 35.5. The van der Waals surface area contributed by atoms with E-state index in [4.69, 9.17) is 11.6 Å². The van der Waals surface area contributed by atoms with Crippen molar-refractivity contribution in [3.05, 3.63) is 23.5 Å². The molecule has 3 heteroatoms. The van der Waals surface area contributed by atoms with Gasteiger partial charge in [0.1, 0.15) is 0 Å². The molecule has 1 aromatic rings. The Balaban J connectivity index is 2.77. The molecule has 0 saturated carbocycles. The zero-order chi connectivity index (χ0) is 9.68. The lowest BCUT2D eigenvalue weighted by atomic mass is 10.2. The Bertz CT molecular complexity index is 283. The van der Waals surface area contributed by atoms with E-state index in [0.29, 0.717) is 5.88 Å². The predicted molar refractivity (Wildman–Crippen MR) is 56.9 cm³/mol. The SMILES string of the molecule is CCC(=Cc1cnn(CC)c1)CCl. The lowest BCUT2D eigenvalue weighted by Crippen LogP contribution is -1.91. The number of hydrogen-bond donors (Lipinski definition) is 0. The number of aryl methyl sites for hydroxylation is 1. The molecule has 0 atom stereocenters. The Morgan fingerprint density at radius 1 is 1.62 bits per heavy atom. The van der Waals surface area contributed by atoms with E-state index in [1.165, 1.54) is 5.57 Å². The van der Waals surface area contributed by atoms with Crippen LogP contribution < -0.4 is 0 Å². The fourth-order valence-electron chi connectivity index (χ4n) is 1.10. The highest BCUT2D eigenvalue weighted by Crippen LogP contribution is 2.10. The van der Waals surface area contributed by atoms with E-state index in [0.717, 1.165) is 18.5 Å². The standard InChI is InChI=1S/C10H15ClN2/c1-3-9(6-11)5-10-7-12-13(4-2)8-10/h5,7-8H,3-4,6H2,1-2H3. The summed E-state index contributed by atoms with van der Waals surface area (Å²) in [4.78, 5) is 0. The van der Waals surface area contributed by atoms with Crippen LogP contribution in [-0.4, -0.2) is 15.7 Å². The molecule has 0 aliphatic rings. The van der Waals surface area contributed by atoms with Crippen LogP contribution in [0.25, 0.3) is 6.08 Å². The Labute approximate surface area is 84.2 Å². The Morgan fingerprint density at radius 3 is 2.85 bits per heavy atom. The zero-order valence-electron chi connectivity index (χ0n) is 8.13. The maximum Gasteiger partial charge on any atom is 0.0562 e. The van der Waals surface area contributed by atoms with Crippen LogP contribution in [0.2, 0.25) is 0 Å². The molecule has 72 valence electrons. The lowest BCUT2D eigenvalue weighted by molar-refractivity contribution is 0.660. The van der Waals surface area contributed by atoms with Crippen molar-refractivity contribution in [3.8, 4) is 0 Å². The van der Waals surface area contributed by atoms with Gasteiger partial charge in [-0.3, -0.25) is 4.68 Å². The number of alkyl halides is 1. The van der Waals surface area contributed by atoms with E-state index in [1.54, 1.807) is 0 Å². The summed E-state index contributed by atoms with van der Waals surface area (Å²) in [7, 11) is 0. The molecule has 0 aromatic carbocycles. The molecule has 0 amide bonds. The molecule has 13 heavy (non-hydrogen) atoms. The third kappa shape index (κ3) is 2.88. The minimum absolute atomic E-state index is 0.605. The smallest absolute Gasteiger partial charge is 0.0562 e. The van der Waals surface area contributed by atoms with Crippen LogP contribution in [0.3, 0.4) is 0 Å². The first-order chi connectivity index (χ1) is 6.30. The quantitative estimate of drug-likeness (QED) is 0.681. The van der Waals surface area contributed by atoms with Crippen molar-refractivity contribution in [2.75, 3.05) is 5.88 Å². The third-order valence-corrected chi connectivity index (χ3v) is 2.32. The average Bonchev–Trinajstić information content (AvgIpc) is 2.61. The van der Waals surface area contributed by atoms with Crippen LogP contribution >= 0.6 is 11.6 Å². The van der Waals surface area contributed by atoms with Crippen LogP contribution in [0.15, 0.2) is 18.0 Å². The second kappa shape index (κ2) is 5.07. The minimum Gasteiger partial charge on any atom is -0.272 e. The van der Waals surface area contributed by atoms with Crippen molar-refractivity contribution in [2.24, 2.45) is 0 Å². The van der Waals surface area contributed by atoms with Gasteiger partial charge in [-0.2, -0.15) is 5.10 Å². The van der Waals surface area contributed by atoms with Gasteiger partial charge in [0.2, 0.25) is 0 Å². The lowest BCUT2D eigenvalue weighted by Gasteiger charge is -1.95. The molecule has 2 nitrogen and oxygen atoms in total. The molecule has 0 aliphatic carbocycles. The fraction of sp³-hybridized carbons (Fsp3) is 0.500. The number of hydrogen-bond acceptors (Lipinski definition) is 1. The van der Waals surface area contributed by atoms with Crippen LogP contribution in [0.5, 0.6) is 0 Å². The van der Waals surface area contributed by atoms with E-state index < -0.39 is 0 Å². The highest BCUT2D eigenvalue weighted by molar-refractivity contribution is 6.19. The summed E-state index contributed by atoms with van der Waals surface area (Å²) in [5.74, 6) is 0.605. The summed E-state index contributed by atoms with van der Waals surface area (Å²) in [6.07, 6.45) is 7.00. The molecule has 0 bridgehead atoms. The monoisotopic (exact) mass is 198 g/mol. The number of nitrogens with zero attached hydrogens (tertiary/aromatic N) is 2. The van der Waals surface area contributed by atoms with Crippen molar-refractivity contribution in [1.82, 2.24) is 9.78 Å². The van der Waals surface area contributed by atoms with E-state index in [1.807, 2.05) is 17.1 Å². The molecule has 0 unspecified atom stereocenters. The Hall–Kier alpha value is -0.760. The second-order valence-electron chi connectivity index (χ2n) is 2.92. The third-order valence-electron chi connectivity index (χ3n) is 1.97. The largest absolute Gasteiger partial charge is 0.272 e. The average molecular weight is 199 g/mol. The highest BCUT2D eigenvalue weighted by Gasteiger charge is 1.96. The van der Waals surface area contributed by atoms with E-state index in [2.05, 4.69) is 25.0 Å². The van der Waals surface area contributed by atoms with Crippen molar-refractivity contribution >= 4 is 17.7 Å². The first-order valence-electron chi connectivity index (χ1n) is 4.58. The summed E-state index contributed by atoms with van der Waals surface area (Å²) in [6.45, 7) is 5.09. The van der Waals surface area contributed by atoms with Crippen molar-refractivity contribution in [3.63, 3.8) is 0 Å². The molecule has 0 aliphatic heterocycles. The van der Waals surface area contributed by atoms with Gasteiger partial charge in [-0.05, 0) is 13.3 Å². The van der Waals surface area contributed by atoms with Gasteiger partial charge in [-0.25, -0.2) is 0 Å². The molecule has 0 saturated heterocycles. The molecule has 0 fully saturated rings. The molecule has 1 heterocycles. The van der Waals surface area contributed by atoms with Crippen LogP contribution in [-0.2, 0) is 6.54 Å². The summed E-state index contributed by atoms with van der Waals surface area (Å²) in [5, 5.41) is 4.19. The first-order valence-corrected chi connectivity index (χ1v) is 5.11. The fourth-order valence-corrected chi connectivity index (χ4v) is 1.36. The maximum atomic E-state index is 5.76. The van der Waals surface area contributed by atoms with Crippen LogP contribution in [0.4, 0.5) is 0 Å². The molecule has 0 radical (unpaired) electrons. The van der Waals surface area contributed by atoms with Gasteiger partial charge >= 0.3 is 0 Å². The van der Waals surface area contributed by atoms with Gasteiger partial charge in [0.25, 0.3) is 0 Å². The van der Waals surface area contributed by atoms with Gasteiger partial charge in [0, 0.05) is 24.2 Å². The molecule has 1 aromatic heterocycles. The Kier molecular flexibility index (Phi) is 4.03. The summed E-state index contributed by atoms with van der Waals surface area (Å²) in [6, 6.07) is 0. The number of halogens is 1. The zero-order valence-corrected chi connectivity index (χ0v) is 8.88. The summed E-state index contributed by atoms with van der Waals surface area (Å²) in [5.41, 5.74) is 2.39. The number of aromatic nitrogens is 2. The summed E-state index contributed by atoms with van der Waals surface area (Å²) < 4.78 is 1.91. The number of allylic oxidation sites excluding steroid dienone is 1. The van der Waals surface area contributed by atoms with Gasteiger partial charge in [0.15, 0.2) is 0 Å². The van der Waals surface area contributed by atoms with E-state index in [9.17, 15) is 0 Å². The summed E-state index contributed by atoms with van der Waals surface area (Å²) >= 11 is 5.76. The van der Waals surface area contributed by atoms with Crippen LogP contribution in [0.1, 0.15) is 25.8 Å². The van der Waals surface area contributed by atoms with Crippen LogP contribution in [0, 0.1) is 0 Å². The normalized spacial score (nSPS) is 12.1. The second-order valence-corrected chi connectivity index (χ2v) is 3.19. The van der Waals surface area contributed by atoms with Gasteiger partial charge in [0.05, 0.1) is 6.20 Å². The van der Waals surface area contributed by atoms with Gasteiger partial charge < -0.3 is 0 Å². The molecular weight excluding hydrogens is 184 g/mol. The molecule has 0 spiro atoms. The van der Waals surface area contributed by atoms with E-state index in [-0.39, 0.29) is 0 Å². The maximum absolute atomic E-state index is 5.76. The Morgan fingerprint density at radius 2 is 2.38 bits per heavy atom. The minimum atomic E-state index is 0.605. The topological polar surface area (TPSA) is 17.8 Å². The van der Waals surface area contributed by atoms with E-state index >= 15 is 0 Å². The van der Waals surface area contributed by atoms with Crippen molar-refractivity contribution < 1.29 is 0 Å². The molecule has 1 rings (SSSR count). The molecule has 0 N–H and O–H groups in total. The molecular formula is C10H15ClN2. The van der Waals surface area contributed by atoms with Gasteiger partial charge in [-0.1, -0.05) is 18.6 Å². The van der Waals surface area contributed by atoms with Crippen molar-refractivity contribution in [2.45, 2.75) is 26.8 Å². The first kappa shape index (κ1) is 10.3. The predicted octanol–water partition coefficient (Wildman–Crippen LogP) is 2.94. The number of rotatable bonds is 4.